The number of nitrogens with zero attached hydrogens (tertiary/aromatic N) is 4. The van der Waals surface area contributed by atoms with Crippen LogP contribution in [0, 0.1) is 0 Å². The van der Waals surface area contributed by atoms with Crippen LogP contribution in [-0.4, -0.2) is 20.2 Å². The Morgan fingerprint density at radius 2 is 1.85 bits per heavy atom. The van der Waals surface area contributed by atoms with Crippen LogP contribution in [0.15, 0.2) is 47.5 Å². The molecule has 0 aliphatic rings. The predicted octanol–water partition coefficient (Wildman–Crippen LogP) is 2.79. The van der Waals surface area contributed by atoms with Crippen molar-refractivity contribution < 1.29 is 4.42 Å². The number of anilines is 1. The van der Waals surface area contributed by atoms with Crippen molar-refractivity contribution in [2.24, 2.45) is 0 Å². The second-order valence-corrected chi connectivity index (χ2v) is 4.46. The maximum atomic E-state index is 5.83. The minimum absolute atomic E-state index is 0.397. The molecule has 0 aliphatic heterocycles. The fraction of sp³-hybridized carbons (Fsp3) is 0.0769. The zero-order valence-electron chi connectivity index (χ0n) is 10.3. The Morgan fingerprint density at radius 1 is 1.10 bits per heavy atom. The van der Waals surface area contributed by atoms with Gasteiger partial charge in [-0.15, -0.1) is 10.2 Å². The molecule has 0 unspecified atom stereocenters. The zero-order valence-corrected chi connectivity index (χ0v) is 11.1. The summed E-state index contributed by atoms with van der Waals surface area (Å²) in [5, 5.41) is 11.2. The maximum absolute atomic E-state index is 5.83. The summed E-state index contributed by atoms with van der Waals surface area (Å²) in [5.41, 5.74) is 1.78. The molecule has 6 nitrogen and oxygen atoms in total. The van der Waals surface area contributed by atoms with Gasteiger partial charge in [-0.1, -0.05) is 23.7 Å². The number of halogens is 1. The number of hydrogen-bond donors (Lipinski definition) is 1. The van der Waals surface area contributed by atoms with Crippen molar-refractivity contribution in [2.45, 2.75) is 6.54 Å². The zero-order chi connectivity index (χ0) is 13.8. The van der Waals surface area contributed by atoms with Crippen LogP contribution in [0.1, 0.15) is 5.56 Å². The van der Waals surface area contributed by atoms with E-state index in [9.17, 15) is 0 Å². The summed E-state index contributed by atoms with van der Waals surface area (Å²) in [4.78, 5) is 8.38. The van der Waals surface area contributed by atoms with E-state index in [-0.39, 0.29) is 0 Å². The van der Waals surface area contributed by atoms with Crippen LogP contribution in [0.25, 0.3) is 11.5 Å². The maximum Gasteiger partial charge on any atom is 0.250 e. The average Bonchev–Trinajstić information content (AvgIpc) is 3.01. The Bertz CT molecular complexity index is 667. The highest BCUT2D eigenvalue weighted by Gasteiger charge is 2.04. The van der Waals surface area contributed by atoms with Gasteiger partial charge in [-0.2, -0.15) is 0 Å². The molecule has 3 rings (SSSR count). The van der Waals surface area contributed by atoms with Crippen LogP contribution in [0.5, 0.6) is 0 Å². The summed E-state index contributed by atoms with van der Waals surface area (Å²) in [5.74, 6) is 0.928. The molecule has 2 heterocycles. The standard InChI is InChI=1S/C13H10ClN5O/c14-11-3-1-9(2-4-11)5-15-13-16-6-10(7-17-13)12-19-18-8-20-12/h1-4,6-8H,5H2,(H,15,16,17). The van der Waals surface area contributed by atoms with Crippen LogP contribution in [0.3, 0.4) is 0 Å². The molecule has 20 heavy (non-hydrogen) atoms. The third-order valence-electron chi connectivity index (χ3n) is 2.62. The summed E-state index contributed by atoms with van der Waals surface area (Å²) in [6.07, 6.45) is 4.53. The summed E-state index contributed by atoms with van der Waals surface area (Å²) < 4.78 is 5.06. The molecule has 0 aliphatic carbocycles. The van der Waals surface area contributed by atoms with Gasteiger partial charge in [0, 0.05) is 24.0 Å². The van der Waals surface area contributed by atoms with Crippen LogP contribution >= 0.6 is 11.6 Å². The van der Waals surface area contributed by atoms with E-state index in [1.165, 1.54) is 6.39 Å². The predicted molar refractivity (Wildman–Crippen MR) is 74.1 cm³/mol. The second kappa shape index (κ2) is 5.66. The van der Waals surface area contributed by atoms with Crippen molar-refractivity contribution in [3.63, 3.8) is 0 Å². The average molecular weight is 288 g/mol. The van der Waals surface area contributed by atoms with E-state index in [4.69, 9.17) is 16.0 Å². The van der Waals surface area contributed by atoms with Crippen LogP contribution in [0.4, 0.5) is 5.95 Å². The van der Waals surface area contributed by atoms with Gasteiger partial charge in [0.05, 0.1) is 5.56 Å². The highest BCUT2D eigenvalue weighted by molar-refractivity contribution is 6.30. The molecule has 0 bridgehead atoms. The number of hydrogen-bond acceptors (Lipinski definition) is 6. The Morgan fingerprint density at radius 3 is 2.50 bits per heavy atom. The lowest BCUT2D eigenvalue weighted by Crippen LogP contribution is -2.03. The first kappa shape index (κ1) is 12.6. The van der Waals surface area contributed by atoms with Gasteiger partial charge in [0.1, 0.15) is 0 Å². The van der Waals surface area contributed by atoms with E-state index in [2.05, 4.69) is 25.5 Å². The van der Waals surface area contributed by atoms with Gasteiger partial charge in [-0.25, -0.2) is 9.97 Å². The normalized spacial score (nSPS) is 10.4. The highest BCUT2D eigenvalue weighted by atomic mass is 35.5. The van der Waals surface area contributed by atoms with E-state index >= 15 is 0 Å². The molecule has 7 heteroatoms. The van der Waals surface area contributed by atoms with E-state index in [0.717, 1.165) is 5.56 Å². The van der Waals surface area contributed by atoms with E-state index in [0.29, 0.717) is 29.0 Å². The smallest absolute Gasteiger partial charge is 0.250 e. The molecule has 0 saturated carbocycles. The quantitative estimate of drug-likeness (QED) is 0.795. The molecular formula is C13H10ClN5O. The van der Waals surface area contributed by atoms with Gasteiger partial charge in [-0.3, -0.25) is 0 Å². The molecule has 3 aromatic rings. The Hall–Kier alpha value is -2.47. The molecule has 0 radical (unpaired) electrons. The molecule has 0 fully saturated rings. The van der Waals surface area contributed by atoms with Crippen LogP contribution in [-0.2, 0) is 6.54 Å². The fourth-order valence-electron chi connectivity index (χ4n) is 1.61. The minimum Gasteiger partial charge on any atom is -0.423 e. The molecule has 0 spiro atoms. The first-order valence-electron chi connectivity index (χ1n) is 5.88. The van der Waals surface area contributed by atoms with Crippen LogP contribution in [0.2, 0.25) is 5.02 Å². The Kier molecular flexibility index (Phi) is 3.56. The molecule has 0 atom stereocenters. The first-order valence-corrected chi connectivity index (χ1v) is 6.26. The SMILES string of the molecule is Clc1ccc(CNc2ncc(-c3nnco3)cn2)cc1. The summed E-state index contributed by atoms with van der Waals surface area (Å²) in [6, 6.07) is 7.58. The summed E-state index contributed by atoms with van der Waals surface area (Å²) >= 11 is 5.83. The number of rotatable bonds is 4. The van der Waals surface area contributed by atoms with Crippen molar-refractivity contribution in [3.8, 4) is 11.5 Å². The summed E-state index contributed by atoms with van der Waals surface area (Å²) in [6.45, 7) is 0.622. The minimum atomic E-state index is 0.397. The second-order valence-electron chi connectivity index (χ2n) is 4.02. The van der Waals surface area contributed by atoms with E-state index in [1.807, 2.05) is 24.3 Å². The number of nitrogens with one attached hydrogen (secondary N) is 1. The molecule has 100 valence electrons. The van der Waals surface area contributed by atoms with Gasteiger partial charge in [-0.05, 0) is 17.7 Å². The monoisotopic (exact) mass is 287 g/mol. The van der Waals surface area contributed by atoms with Crippen molar-refractivity contribution in [2.75, 3.05) is 5.32 Å². The number of benzene rings is 1. The van der Waals surface area contributed by atoms with Gasteiger partial charge in [0.15, 0.2) is 0 Å². The van der Waals surface area contributed by atoms with Crippen molar-refractivity contribution in [1.29, 1.82) is 0 Å². The van der Waals surface area contributed by atoms with Gasteiger partial charge < -0.3 is 9.73 Å². The fourth-order valence-corrected chi connectivity index (χ4v) is 1.74. The largest absolute Gasteiger partial charge is 0.423 e. The lowest BCUT2D eigenvalue weighted by Gasteiger charge is -2.05. The van der Waals surface area contributed by atoms with E-state index in [1.54, 1.807) is 12.4 Å². The van der Waals surface area contributed by atoms with Crippen LogP contribution < -0.4 is 5.32 Å². The number of aromatic nitrogens is 4. The molecule has 2 aromatic heterocycles. The highest BCUT2D eigenvalue weighted by Crippen LogP contribution is 2.15. The Labute approximate surface area is 119 Å². The van der Waals surface area contributed by atoms with Gasteiger partial charge >= 0.3 is 0 Å². The van der Waals surface area contributed by atoms with E-state index < -0.39 is 0 Å². The Balaban J connectivity index is 1.65. The first-order chi connectivity index (χ1) is 9.81. The molecule has 0 amide bonds. The summed E-state index contributed by atoms with van der Waals surface area (Å²) in [7, 11) is 0. The third kappa shape index (κ3) is 2.92. The molecule has 1 aromatic carbocycles. The third-order valence-corrected chi connectivity index (χ3v) is 2.87. The topological polar surface area (TPSA) is 76.7 Å². The van der Waals surface area contributed by atoms with Crippen molar-refractivity contribution >= 4 is 17.5 Å². The molecule has 0 saturated heterocycles. The van der Waals surface area contributed by atoms with Crippen molar-refractivity contribution in [3.05, 3.63) is 53.6 Å². The van der Waals surface area contributed by atoms with Gasteiger partial charge in [0.25, 0.3) is 5.89 Å². The lowest BCUT2D eigenvalue weighted by molar-refractivity contribution is 0.568. The molecular weight excluding hydrogens is 278 g/mol. The van der Waals surface area contributed by atoms with Crippen molar-refractivity contribution in [1.82, 2.24) is 20.2 Å². The van der Waals surface area contributed by atoms with Gasteiger partial charge in [0.2, 0.25) is 12.3 Å². The lowest BCUT2D eigenvalue weighted by atomic mass is 10.2. The molecule has 1 N–H and O–H groups in total.